The first-order valence-corrected chi connectivity index (χ1v) is 8.18. The fourth-order valence-electron chi connectivity index (χ4n) is 2.88. The Balaban J connectivity index is 1.61. The van der Waals surface area contributed by atoms with Gasteiger partial charge in [0, 0.05) is 25.8 Å². The minimum Gasteiger partial charge on any atom is -0.483 e. The molecule has 7 heteroatoms. The lowest BCUT2D eigenvalue weighted by Gasteiger charge is -2.19. The number of hydrogen-bond acceptors (Lipinski definition) is 5. The van der Waals surface area contributed by atoms with Crippen LogP contribution in [0.5, 0.6) is 5.75 Å². The van der Waals surface area contributed by atoms with Gasteiger partial charge in [-0.3, -0.25) is 4.68 Å². The van der Waals surface area contributed by atoms with Crippen molar-refractivity contribution in [3.63, 3.8) is 0 Å². The van der Waals surface area contributed by atoms with E-state index in [0.29, 0.717) is 25.5 Å². The Hall–Kier alpha value is -2.30. The highest BCUT2D eigenvalue weighted by atomic mass is 16.5. The van der Waals surface area contributed by atoms with Gasteiger partial charge >= 0.3 is 0 Å². The lowest BCUT2D eigenvalue weighted by atomic mass is 10.2. The summed E-state index contributed by atoms with van der Waals surface area (Å²) in [6, 6.07) is 4.25. The van der Waals surface area contributed by atoms with Crippen LogP contribution in [0.4, 0.5) is 0 Å². The smallest absolute Gasteiger partial charge is 0.157 e. The van der Waals surface area contributed by atoms with Crippen LogP contribution in [0.15, 0.2) is 18.5 Å². The number of nitriles is 1. The normalized spacial score (nSPS) is 20.2. The summed E-state index contributed by atoms with van der Waals surface area (Å²) < 4.78 is 15.3. The summed E-state index contributed by atoms with van der Waals surface area (Å²) in [5.41, 5.74) is 2.89. The molecule has 3 rings (SSSR count). The molecule has 0 radical (unpaired) electrons. The van der Waals surface area contributed by atoms with E-state index in [1.807, 2.05) is 42.4 Å². The van der Waals surface area contributed by atoms with Crippen molar-refractivity contribution in [2.45, 2.75) is 39.1 Å². The van der Waals surface area contributed by atoms with E-state index in [4.69, 9.17) is 14.7 Å². The van der Waals surface area contributed by atoms with Crippen molar-refractivity contribution in [3.8, 4) is 11.8 Å². The van der Waals surface area contributed by atoms with Crippen LogP contribution in [0.25, 0.3) is 0 Å². The van der Waals surface area contributed by atoms with Crippen LogP contribution in [-0.2, 0) is 24.9 Å². The van der Waals surface area contributed by atoms with Crippen LogP contribution in [-0.4, -0.2) is 39.7 Å². The maximum absolute atomic E-state index is 9.13. The molecule has 0 amide bonds. The molecule has 1 aliphatic rings. The van der Waals surface area contributed by atoms with Gasteiger partial charge in [-0.15, -0.1) is 0 Å². The quantitative estimate of drug-likeness (QED) is 0.866. The third-order valence-electron chi connectivity index (χ3n) is 4.56. The molecule has 128 valence electrons. The summed E-state index contributed by atoms with van der Waals surface area (Å²) in [4.78, 5) is 0. The Bertz CT molecular complexity index is 743. The molecule has 2 atom stereocenters. The Labute approximate surface area is 141 Å². The minimum atomic E-state index is -0.0426. The topological polar surface area (TPSA) is 77.0 Å². The van der Waals surface area contributed by atoms with Gasteiger partial charge in [0.15, 0.2) is 5.75 Å². The number of hydrogen-bond donors (Lipinski definition) is 1. The first-order chi connectivity index (χ1) is 11.6. The van der Waals surface area contributed by atoms with E-state index in [1.165, 1.54) is 0 Å². The number of aromatic nitrogens is 3. The van der Waals surface area contributed by atoms with E-state index in [2.05, 4.69) is 16.5 Å². The molecular weight excluding hydrogens is 306 g/mol. The first-order valence-electron chi connectivity index (χ1n) is 8.18. The van der Waals surface area contributed by atoms with Crippen LogP contribution in [0, 0.1) is 18.3 Å². The monoisotopic (exact) mass is 329 g/mol. The molecular formula is C17H23N5O2. The molecule has 1 N–H and O–H groups in total. The van der Waals surface area contributed by atoms with Crippen LogP contribution in [0.2, 0.25) is 0 Å². The molecule has 2 aromatic heterocycles. The number of nitrogens with one attached hydrogen (secondary N) is 1. The molecule has 0 saturated carbocycles. The van der Waals surface area contributed by atoms with E-state index < -0.39 is 0 Å². The molecule has 24 heavy (non-hydrogen) atoms. The fraction of sp³-hybridized carbons (Fsp3) is 0.529. The first kappa shape index (κ1) is 16.6. The van der Waals surface area contributed by atoms with E-state index in [0.717, 1.165) is 23.6 Å². The minimum absolute atomic E-state index is 0.0426. The molecule has 1 aliphatic heterocycles. The van der Waals surface area contributed by atoms with E-state index in [9.17, 15) is 0 Å². The molecule has 0 unspecified atom stereocenters. The molecule has 1 fully saturated rings. The highest BCUT2D eigenvalue weighted by Gasteiger charge is 2.30. The third kappa shape index (κ3) is 3.30. The largest absolute Gasteiger partial charge is 0.483 e. The van der Waals surface area contributed by atoms with E-state index >= 15 is 0 Å². The molecule has 0 spiro atoms. The average molecular weight is 329 g/mol. The van der Waals surface area contributed by atoms with E-state index in [-0.39, 0.29) is 12.1 Å². The number of aryl methyl sites for hydroxylation is 1. The van der Waals surface area contributed by atoms with Crippen molar-refractivity contribution in [2.75, 3.05) is 13.2 Å². The Kier molecular flexibility index (Phi) is 4.88. The third-order valence-corrected chi connectivity index (χ3v) is 4.56. The van der Waals surface area contributed by atoms with Crippen molar-refractivity contribution in [2.24, 2.45) is 7.05 Å². The average Bonchev–Trinajstić information content (AvgIpc) is 3.29. The SMILES string of the molecule is CCn1cc(O[C@@H]2COC[C@@H]2NCc2cc(C#N)n(C)c2C)cn1. The second kappa shape index (κ2) is 7.07. The van der Waals surface area contributed by atoms with Gasteiger partial charge in [-0.1, -0.05) is 0 Å². The lowest BCUT2D eigenvalue weighted by Crippen LogP contribution is -2.41. The molecule has 7 nitrogen and oxygen atoms in total. The molecule has 1 saturated heterocycles. The van der Waals surface area contributed by atoms with Gasteiger partial charge in [-0.25, -0.2) is 0 Å². The van der Waals surface area contributed by atoms with Crippen molar-refractivity contribution in [1.82, 2.24) is 19.7 Å². The zero-order valence-corrected chi connectivity index (χ0v) is 14.3. The molecule has 0 aromatic carbocycles. The summed E-state index contributed by atoms with van der Waals surface area (Å²) in [6.07, 6.45) is 3.59. The number of ether oxygens (including phenoxy) is 2. The zero-order chi connectivity index (χ0) is 17.1. The van der Waals surface area contributed by atoms with Crippen molar-refractivity contribution in [3.05, 3.63) is 35.4 Å². The molecule has 2 aromatic rings. The van der Waals surface area contributed by atoms with Gasteiger partial charge in [-0.2, -0.15) is 10.4 Å². The summed E-state index contributed by atoms with van der Waals surface area (Å²) in [7, 11) is 1.91. The summed E-state index contributed by atoms with van der Waals surface area (Å²) in [6.45, 7) is 6.74. The maximum Gasteiger partial charge on any atom is 0.157 e. The highest BCUT2D eigenvalue weighted by Crippen LogP contribution is 2.18. The molecule has 3 heterocycles. The van der Waals surface area contributed by atoms with Gasteiger partial charge in [0.2, 0.25) is 0 Å². The predicted molar refractivity (Wildman–Crippen MR) is 88.6 cm³/mol. The lowest BCUT2D eigenvalue weighted by molar-refractivity contribution is 0.139. The summed E-state index contributed by atoms with van der Waals surface area (Å²) >= 11 is 0. The van der Waals surface area contributed by atoms with Gasteiger partial charge < -0.3 is 19.4 Å². The van der Waals surface area contributed by atoms with Crippen LogP contribution in [0.1, 0.15) is 23.9 Å². The summed E-state index contributed by atoms with van der Waals surface area (Å²) in [5.74, 6) is 0.766. The zero-order valence-electron chi connectivity index (χ0n) is 14.3. The number of nitrogens with zero attached hydrogens (tertiary/aromatic N) is 4. The van der Waals surface area contributed by atoms with Crippen molar-refractivity contribution >= 4 is 0 Å². The second-order valence-corrected chi connectivity index (χ2v) is 6.02. The van der Waals surface area contributed by atoms with E-state index in [1.54, 1.807) is 6.20 Å². The van der Waals surface area contributed by atoms with Gasteiger partial charge in [0.1, 0.15) is 17.9 Å². The standard InChI is InChI=1S/C17H23N5O2/c1-4-22-9-15(8-20-22)24-17-11-23-10-16(17)19-7-13-5-14(6-18)21(3)12(13)2/h5,8-9,16-17,19H,4,7,10-11H2,1-3H3/t16-,17+/m0/s1. The van der Waals surface area contributed by atoms with Gasteiger partial charge in [0.05, 0.1) is 31.6 Å². The Morgan fingerprint density at radius 3 is 3.00 bits per heavy atom. The molecule has 0 bridgehead atoms. The van der Waals surface area contributed by atoms with Gasteiger partial charge in [0.25, 0.3) is 0 Å². The molecule has 0 aliphatic carbocycles. The van der Waals surface area contributed by atoms with Gasteiger partial charge in [-0.05, 0) is 25.5 Å². The van der Waals surface area contributed by atoms with Crippen LogP contribution >= 0.6 is 0 Å². The Morgan fingerprint density at radius 2 is 2.33 bits per heavy atom. The van der Waals surface area contributed by atoms with Crippen LogP contribution < -0.4 is 10.1 Å². The van der Waals surface area contributed by atoms with Crippen molar-refractivity contribution < 1.29 is 9.47 Å². The van der Waals surface area contributed by atoms with Crippen LogP contribution in [0.3, 0.4) is 0 Å². The predicted octanol–water partition coefficient (Wildman–Crippen LogP) is 1.36. The maximum atomic E-state index is 9.13. The van der Waals surface area contributed by atoms with Crippen molar-refractivity contribution in [1.29, 1.82) is 5.26 Å². The highest BCUT2D eigenvalue weighted by molar-refractivity contribution is 5.34. The second-order valence-electron chi connectivity index (χ2n) is 6.02. The number of rotatable bonds is 6. The fourth-order valence-corrected chi connectivity index (χ4v) is 2.88. The summed E-state index contributed by atoms with van der Waals surface area (Å²) in [5, 5.41) is 16.8. The Morgan fingerprint density at radius 1 is 1.50 bits per heavy atom.